The van der Waals surface area contributed by atoms with Crippen LogP contribution in [-0.4, -0.2) is 169 Å². The number of aromatic nitrogens is 1. The molecule has 4 heterocycles. The quantitative estimate of drug-likeness (QED) is 0.0339. The Morgan fingerprint density at radius 3 is 1.45 bits per heavy atom. The molecule has 2 saturated heterocycles. The Kier molecular flexibility index (Phi) is 22.8. The van der Waals surface area contributed by atoms with Crippen molar-refractivity contribution in [3.05, 3.63) is 209 Å². The average molecular weight is 1270 g/mol. The number of β-amino-alcohol motifs (C(OH)–C–C–N with tert-alkyl or cyclic N) is 2. The lowest BCUT2D eigenvalue weighted by Crippen LogP contribution is -2.61. The van der Waals surface area contributed by atoms with Gasteiger partial charge in [0, 0.05) is 112 Å². The van der Waals surface area contributed by atoms with E-state index in [4.69, 9.17) is 4.42 Å². The summed E-state index contributed by atoms with van der Waals surface area (Å²) < 4.78 is 6.08. The molecule has 4 amide bonds. The summed E-state index contributed by atoms with van der Waals surface area (Å²) in [5.41, 5.74) is 7.08. The zero-order valence-corrected chi connectivity index (χ0v) is 54.7. The van der Waals surface area contributed by atoms with E-state index in [0.29, 0.717) is 71.5 Å². The molecule has 0 spiro atoms. The van der Waals surface area contributed by atoms with Crippen molar-refractivity contribution in [2.75, 3.05) is 52.4 Å². The van der Waals surface area contributed by atoms with Crippen LogP contribution in [0.3, 0.4) is 0 Å². The minimum Gasteiger partial charge on any atom is -0.460 e. The van der Waals surface area contributed by atoms with E-state index in [0.717, 1.165) is 62.2 Å². The monoisotopic (exact) mass is 1270 g/mol. The lowest BCUT2D eigenvalue weighted by Gasteiger charge is -2.42. The number of pyridine rings is 1. The summed E-state index contributed by atoms with van der Waals surface area (Å²) in [6.45, 7) is 17.2. The van der Waals surface area contributed by atoms with Gasteiger partial charge in [-0.1, -0.05) is 133 Å². The highest BCUT2D eigenvalue weighted by Gasteiger charge is 2.40. The fraction of sp³-hybridized carbons (Fsp3) is 0.453. The van der Waals surface area contributed by atoms with Gasteiger partial charge in [0.25, 0.3) is 0 Å². The maximum atomic E-state index is 13.9. The molecule has 18 heteroatoms. The summed E-state index contributed by atoms with van der Waals surface area (Å²) in [5, 5.41) is 58.2. The van der Waals surface area contributed by atoms with Gasteiger partial charge in [0.1, 0.15) is 23.4 Å². The van der Waals surface area contributed by atoms with Gasteiger partial charge in [0.2, 0.25) is 23.6 Å². The van der Waals surface area contributed by atoms with Crippen molar-refractivity contribution in [3.63, 3.8) is 0 Å². The molecule has 2 fully saturated rings. The Hall–Kier alpha value is -7.65. The molecule has 0 saturated carbocycles. The molecule has 0 radical (unpaired) electrons. The van der Waals surface area contributed by atoms with Crippen molar-refractivity contribution >= 4 is 34.6 Å². The van der Waals surface area contributed by atoms with Crippen molar-refractivity contribution in [2.24, 2.45) is 11.8 Å². The van der Waals surface area contributed by atoms with Crippen molar-refractivity contribution in [3.8, 4) is 0 Å². The zero-order valence-electron chi connectivity index (χ0n) is 54.7. The molecule has 2 aliphatic carbocycles. The highest BCUT2D eigenvalue weighted by atomic mass is 16.3. The zero-order chi connectivity index (χ0) is 65.8. The average Bonchev–Trinajstić information content (AvgIpc) is 1.81. The molecule has 11 rings (SSSR count). The summed E-state index contributed by atoms with van der Waals surface area (Å²) in [6.07, 6.45) is 2.87. The van der Waals surface area contributed by atoms with Crippen LogP contribution in [0.4, 0.5) is 0 Å². The maximum Gasteiger partial charge on any atom is 0.239 e. The van der Waals surface area contributed by atoms with Crippen LogP contribution in [0.5, 0.6) is 0 Å². The number of nitrogens with zero attached hydrogens (tertiary/aromatic N) is 5. The lowest BCUT2D eigenvalue weighted by molar-refractivity contribution is -0.132. The SMILES string of the molecule is CC(C)(C)NC(=O)[C@@H]1CN(Cc2cc3ccccc3o2)CCN1C[C@@H](O)C[C@@H](Cc1ccccc1)C(=O)N[C@H]1c2ccccc2C[C@H]1O.CC(C)(C)NC(=O)[C@@H]1CN(Cc2cccnc2)CCN1C[C@@H](O)C[C@@H](Cc1ccccc1)C(=O)N[C@H]1c2ccccc2C[C@H]1O. The van der Waals surface area contributed by atoms with E-state index >= 15 is 0 Å². The number of amides is 4. The van der Waals surface area contributed by atoms with Crippen molar-refractivity contribution < 1.29 is 44.0 Å². The summed E-state index contributed by atoms with van der Waals surface area (Å²) >= 11 is 0. The first-order valence-corrected chi connectivity index (χ1v) is 33.1. The number of benzene rings is 5. The van der Waals surface area contributed by atoms with Gasteiger partial charge in [-0.3, -0.25) is 43.8 Å². The molecule has 18 nitrogen and oxygen atoms in total. The second kappa shape index (κ2) is 31.1. The molecule has 494 valence electrons. The van der Waals surface area contributed by atoms with E-state index in [2.05, 4.69) is 51.9 Å². The second-order valence-corrected chi connectivity index (χ2v) is 28.0. The van der Waals surface area contributed by atoms with Gasteiger partial charge in [-0.05, 0) is 124 Å². The smallest absolute Gasteiger partial charge is 0.239 e. The Labute approximate surface area is 547 Å². The number of hydrogen-bond acceptors (Lipinski definition) is 14. The van der Waals surface area contributed by atoms with Gasteiger partial charge in [-0.25, -0.2) is 0 Å². The van der Waals surface area contributed by atoms with Gasteiger partial charge < -0.3 is 46.1 Å². The molecule has 8 N–H and O–H groups in total. The Morgan fingerprint density at radius 1 is 0.548 bits per heavy atom. The van der Waals surface area contributed by atoms with Gasteiger partial charge in [0.15, 0.2) is 0 Å². The van der Waals surface area contributed by atoms with Crippen LogP contribution in [0.1, 0.15) is 111 Å². The fourth-order valence-electron chi connectivity index (χ4n) is 13.7. The summed E-state index contributed by atoms with van der Waals surface area (Å²) in [7, 11) is 0. The van der Waals surface area contributed by atoms with Crippen LogP contribution in [-0.2, 0) is 58.0 Å². The molecule has 5 aromatic carbocycles. The van der Waals surface area contributed by atoms with Crippen molar-refractivity contribution in [1.82, 2.24) is 45.9 Å². The maximum absolute atomic E-state index is 13.9. The first-order chi connectivity index (χ1) is 44.6. The standard InChI is InChI=1S/C39H48N4O5.C36H47N5O4/c1-39(2,3)41-38(47)33-25-42(24-31-21-28-14-8-10-16-35(28)48-31)17-18-43(33)23-30(44)20-29(19-26-11-5-4-6-12-26)37(46)40-36-32-15-9-7-13-27(32)22-34(36)45;1-36(2,3)39-35(45)31-24-40(22-26-12-9-15-37-21-26)16-17-41(31)23-29(42)19-28(18-25-10-5-4-6-11-25)34(44)38-33-30-14-8-7-13-27(30)20-32(33)43/h4-16,21,29-30,33-34,36,44-45H,17-20,22-25H2,1-3H3,(H,40,46)(H,41,47);4-15,21,28-29,31-33,42-43H,16-20,22-24H2,1-3H3,(H,38,44)(H,39,45)/t29-,30+,33+,34-,36+;28-,29+,31+,32-,33+/m11/s1. The third kappa shape index (κ3) is 19.0. The molecule has 2 aliphatic heterocycles. The minimum absolute atomic E-state index is 0.0712. The number of aliphatic hydroxyl groups is 4. The summed E-state index contributed by atoms with van der Waals surface area (Å²) in [5.74, 6) is -0.744. The van der Waals surface area contributed by atoms with Crippen molar-refractivity contribution in [1.29, 1.82) is 0 Å². The van der Waals surface area contributed by atoms with Crippen LogP contribution >= 0.6 is 0 Å². The molecular formula is C75H95N9O9. The minimum atomic E-state index is -0.850. The van der Waals surface area contributed by atoms with E-state index in [1.54, 1.807) is 6.20 Å². The number of fused-ring (bicyclic) bond motifs is 3. The highest BCUT2D eigenvalue weighted by Crippen LogP contribution is 2.34. The summed E-state index contributed by atoms with van der Waals surface area (Å²) in [6, 6.07) is 47.2. The van der Waals surface area contributed by atoms with Gasteiger partial charge in [0.05, 0.1) is 43.0 Å². The van der Waals surface area contributed by atoms with E-state index in [1.165, 1.54) is 0 Å². The van der Waals surface area contributed by atoms with E-state index < -0.39 is 71.5 Å². The van der Waals surface area contributed by atoms with E-state index in [1.807, 2.05) is 193 Å². The molecule has 10 atom stereocenters. The molecule has 93 heavy (non-hydrogen) atoms. The molecular weight excluding hydrogens is 1170 g/mol. The first-order valence-electron chi connectivity index (χ1n) is 33.1. The molecule has 0 unspecified atom stereocenters. The molecule has 2 aromatic heterocycles. The number of aliphatic hydroxyl groups excluding tert-OH is 4. The number of furan rings is 1. The van der Waals surface area contributed by atoms with E-state index in [9.17, 15) is 39.6 Å². The van der Waals surface area contributed by atoms with Crippen LogP contribution in [0.15, 0.2) is 168 Å². The third-order valence-corrected chi connectivity index (χ3v) is 18.1. The van der Waals surface area contributed by atoms with Crippen molar-refractivity contribution in [2.45, 2.75) is 153 Å². The van der Waals surface area contributed by atoms with Crippen LogP contribution in [0.2, 0.25) is 0 Å². The normalized spacial score (nSPS) is 21.7. The predicted octanol–water partition coefficient (Wildman–Crippen LogP) is 7.09. The second-order valence-electron chi connectivity index (χ2n) is 28.0. The number of carbonyl (C=O) groups is 4. The van der Waals surface area contributed by atoms with Crippen LogP contribution < -0.4 is 21.3 Å². The number of para-hydroxylation sites is 1. The van der Waals surface area contributed by atoms with E-state index in [-0.39, 0.29) is 49.6 Å². The highest BCUT2D eigenvalue weighted by molar-refractivity contribution is 5.84. The van der Waals surface area contributed by atoms with Gasteiger partial charge in [-0.15, -0.1) is 0 Å². The predicted molar refractivity (Wildman–Crippen MR) is 360 cm³/mol. The van der Waals surface area contributed by atoms with Crippen LogP contribution in [0.25, 0.3) is 11.0 Å². The lowest BCUT2D eigenvalue weighted by atomic mass is 9.91. The number of piperazine rings is 2. The largest absolute Gasteiger partial charge is 0.460 e. The third-order valence-electron chi connectivity index (χ3n) is 18.1. The fourth-order valence-corrected chi connectivity index (χ4v) is 13.7. The van der Waals surface area contributed by atoms with Crippen LogP contribution in [0, 0.1) is 11.8 Å². The number of nitrogens with one attached hydrogen (secondary N) is 4. The number of hydrogen-bond donors (Lipinski definition) is 8. The molecule has 0 bridgehead atoms. The van der Waals surface area contributed by atoms with Gasteiger partial charge in [-0.2, -0.15) is 0 Å². The molecule has 4 aliphatic rings. The topological polar surface area (TPSA) is 236 Å². The van der Waals surface area contributed by atoms with Gasteiger partial charge >= 0.3 is 0 Å². The summed E-state index contributed by atoms with van der Waals surface area (Å²) in [4.78, 5) is 67.7. The Morgan fingerprint density at radius 2 is 0.989 bits per heavy atom. The first kappa shape index (κ1) is 68.2. The Balaban J connectivity index is 0.000000204. The Bertz CT molecular complexity index is 3550. The molecule has 7 aromatic rings. The number of rotatable bonds is 22. The number of carbonyl (C=O) groups excluding carboxylic acids is 4.